The fraction of sp³-hybridized carbons (Fsp3) is 0.579. The Hall–Kier alpha value is -1.59. The van der Waals surface area contributed by atoms with Crippen molar-refractivity contribution in [1.82, 2.24) is 10.6 Å². The van der Waals surface area contributed by atoms with Gasteiger partial charge < -0.3 is 16.0 Å². The Morgan fingerprint density at radius 1 is 1.24 bits per heavy atom. The molecule has 0 radical (unpaired) electrons. The highest BCUT2D eigenvalue weighted by molar-refractivity contribution is 6.04. The van der Waals surface area contributed by atoms with Crippen molar-refractivity contribution in [3.05, 3.63) is 29.8 Å². The maximum absolute atomic E-state index is 12.5. The van der Waals surface area contributed by atoms with Crippen LogP contribution >= 0.6 is 12.4 Å². The van der Waals surface area contributed by atoms with Crippen LogP contribution in [0.2, 0.25) is 0 Å². The van der Waals surface area contributed by atoms with Gasteiger partial charge in [0.15, 0.2) is 0 Å². The van der Waals surface area contributed by atoms with Crippen LogP contribution in [0.3, 0.4) is 0 Å². The fourth-order valence-corrected chi connectivity index (χ4v) is 2.76. The van der Waals surface area contributed by atoms with Crippen molar-refractivity contribution in [3.8, 4) is 0 Å². The van der Waals surface area contributed by atoms with E-state index in [9.17, 15) is 9.59 Å². The van der Waals surface area contributed by atoms with Gasteiger partial charge in [0, 0.05) is 12.0 Å². The molecule has 0 bridgehead atoms. The highest BCUT2D eigenvalue weighted by Crippen LogP contribution is 2.20. The molecule has 1 aromatic carbocycles. The molecule has 1 saturated heterocycles. The summed E-state index contributed by atoms with van der Waals surface area (Å²) in [6.45, 7) is 8.35. The first-order valence-electron chi connectivity index (χ1n) is 8.77. The summed E-state index contributed by atoms with van der Waals surface area (Å²) in [5.41, 5.74) is 0.573. The number of rotatable bonds is 5. The lowest BCUT2D eigenvalue weighted by atomic mass is 9.95. The van der Waals surface area contributed by atoms with Crippen LogP contribution in [0.5, 0.6) is 0 Å². The van der Waals surface area contributed by atoms with Crippen LogP contribution < -0.4 is 16.0 Å². The predicted octanol–water partition coefficient (Wildman–Crippen LogP) is 3.21. The average molecular weight is 368 g/mol. The molecule has 0 saturated carbocycles. The van der Waals surface area contributed by atoms with Crippen LogP contribution in [0.25, 0.3) is 0 Å². The van der Waals surface area contributed by atoms with Crippen LogP contribution in [0.4, 0.5) is 5.69 Å². The summed E-state index contributed by atoms with van der Waals surface area (Å²) in [5, 5.41) is 9.23. The second-order valence-electron chi connectivity index (χ2n) is 7.51. The van der Waals surface area contributed by atoms with E-state index >= 15 is 0 Å². The number of benzene rings is 1. The topological polar surface area (TPSA) is 70.2 Å². The summed E-state index contributed by atoms with van der Waals surface area (Å²) < 4.78 is 0. The fourth-order valence-electron chi connectivity index (χ4n) is 2.76. The van der Waals surface area contributed by atoms with Gasteiger partial charge in [-0.3, -0.25) is 9.59 Å². The zero-order valence-corrected chi connectivity index (χ0v) is 16.2. The Morgan fingerprint density at radius 3 is 2.60 bits per heavy atom. The number of halogens is 1. The molecule has 5 nitrogen and oxygen atoms in total. The first kappa shape index (κ1) is 21.5. The van der Waals surface area contributed by atoms with Crippen LogP contribution in [-0.4, -0.2) is 31.4 Å². The van der Waals surface area contributed by atoms with E-state index in [-0.39, 0.29) is 24.2 Å². The third kappa shape index (κ3) is 6.67. The van der Waals surface area contributed by atoms with Gasteiger partial charge in [0.1, 0.15) is 0 Å². The number of anilines is 1. The quantitative estimate of drug-likeness (QED) is 0.748. The summed E-state index contributed by atoms with van der Waals surface area (Å²) in [7, 11) is 0. The maximum atomic E-state index is 12.5. The molecular weight excluding hydrogens is 338 g/mol. The summed E-state index contributed by atoms with van der Waals surface area (Å²) in [5.74, 6) is 0.398. The normalized spacial score (nSPS) is 17.3. The molecule has 25 heavy (non-hydrogen) atoms. The van der Waals surface area contributed by atoms with Crippen molar-refractivity contribution < 1.29 is 9.59 Å². The van der Waals surface area contributed by atoms with Gasteiger partial charge in [-0.2, -0.15) is 0 Å². The van der Waals surface area contributed by atoms with Crippen molar-refractivity contribution in [2.24, 2.45) is 11.3 Å². The number of carbonyl (C=O) groups excluding carboxylic acids is 2. The largest absolute Gasteiger partial charge is 0.352 e. The van der Waals surface area contributed by atoms with Gasteiger partial charge >= 0.3 is 0 Å². The molecule has 1 aromatic rings. The first-order chi connectivity index (χ1) is 11.4. The van der Waals surface area contributed by atoms with Crippen molar-refractivity contribution in [3.63, 3.8) is 0 Å². The van der Waals surface area contributed by atoms with Gasteiger partial charge in [-0.15, -0.1) is 12.4 Å². The van der Waals surface area contributed by atoms with Crippen molar-refractivity contribution >= 4 is 29.9 Å². The Balaban J connectivity index is 0.00000312. The van der Waals surface area contributed by atoms with Gasteiger partial charge in [-0.05, 0) is 50.4 Å². The Labute approximate surface area is 156 Å². The molecular formula is C19H30ClN3O2. The Bertz CT molecular complexity index is 578. The highest BCUT2D eigenvalue weighted by Gasteiger charge is 2.23. The summed E-state index contributed by atoms with van der Waals surface area (Å²) in [4.78, 5) is 24.6. The van der Waals surface area contributed by atoms with Gasteiger partial charge in [-0.1, -0.05) is 32.9 Å². The highest BCUT2D eigenvalue weighted by atomic mass is 35.5. The molecule has 1 aliphatic heterocycles. The zero-order chi connectivity index (χ0) is 17.6. The molecule has 0 aromatic heterocycles. The number of piperidine rings is 1. The van der Waals surface area contributed by atoms with Crippen molar-refractivity contribution in [2.75, 3.05) is 25.0 Å². The number of hydrogen-bond acceptors (Lipinski definition) is 3. The van der Waals surface area contributed by atoms with Crippen LogP contribution in [0.15, 0.2) is 24.3 Å². The molecule has 1 unspecified atom stereocenters. The molecule has 1 fully saturated rings. The number of amides is 2. The van der Waals surface area contributed by atoms with E-state index < -0.39 is 5.41 Å². The SMILES string of the molecule is CC(C)(C)C(=O)Nc1ccccc1C(=O)NCCC1CCCNC1.Cl. The minimum absolute atomic E-state index is 0. The Kier molecular flexibility index (Phi) is 8.39. The summed E-state index contributed by atoms with van der Waals surface area (Å²) in [6, 6.07) is 7.15. The summed E-state index contributed by atoms with van der Waals surface area (Å²) in [6.07, 6.45) is 3.41. The number of hydrogen-bond donors (Lipinski definition) is 3. The smallest absolute Gasteiger partial charge is 0.253 e. The van der Waals surface area contributed by atoms with Crippen LogP contribution in [-0.2, 0) is 4.79 Å². The zero-order valence-electron chi connectivity index (χ0n) is 15.4. The third-order valence-electron chi connectivity index (χ3n) is 4.34. The standard InChI is InChI=1S/C19H29N3O2.ClH/c1-19(2,3)18(24)22-16-9-5-4-8-15(16)17(23)21-12-10-14-7-6-11-20-13-14;/h4-5,8-9,14,20H,6-7,10-13H2,1-3H3,(H,21,23)(H,22,24);1H. The maximum Gasteiger partial charge on any atom is 0.253 e. The molecule has 0 aliphatic carbocycles. The Morgan fingerprint density at radius 2 is 1.96 bits per heavy atom. The molecule has 0 spiro atoms. The molecule has 1 atom stereocenters. The van der Waals surface area contributed by atoms with Crippen LogP contribution in [0, 0.1) is 11.3 Å². The monoisotopic (exact) mass is 367 g/mol. The molecule has 1 heterocycles. The van der Waals surface area contributed by atoms with Gasteiger partial charge in [0.25, 0.3) is 5.91 Å². The minimum atomic E-state index is -0.502. The molecule has 1 aliphatic rings. The van der Waals surface area contributed by atoms with Crippen LogP contribution in [0.1, 0.15) is 50.4 Å². The number of nitrogens with one attached hydrogen (secondary N) is 3. The predicted molar refractivity (Wildman–Crippen MR) is 104 cm³/mol. The number of carbonyl (C=O) groups is 2. The van der Waals surface area contributed by atoms with E-state index in [0.29, 0.717) is 23.7 Å². The third-order valence-corrected chi connectivity index (χ3v) is 4.34. The van der Waals surface area contributed by atoms with E-state index in [4.69, 9.17) is 0 Å². The van der Waals surface area contributed by atoms with E-state index in [1.54, 1.807) is 12.1 Å². The second-order valence-corrected chi connectivity index (χ2v) is 7.51. The lowest BCUT2D eigenvalue weighted by Gasteiger charge is -2.23. The van der Waals surface area contributed by atoms with E-state index in [1.807, 2.05) is 32.9 Å². The van der Waals surface area contributed by atoms with Gasteiger partial charge in [0.2, 0.25) is 5.91 Å². The lowest BCUT2D eigenvalue weighted by molar-refractivity contribution is -0.123. The van der Waals surface area contributed by atoms with E-state index in [0.717, 1.165) is 19.5 Å². The molecule has 2 amide bonds. The van der Waals surface area contributed by atoms with Gasteiger partial charge in [-0.25, -0.2) is 0 Å². The van der Waals surface area contributed by atoms with E-state index in [1.165, 1.54) is 12.8 Å². The molecule has 140 valence electrons. The lowest BCUT2D eigenvalue weighted by Crippen LogP contribution is -2.33. The average Bonchev–Trinajstić information content (AvgIpc) is 2.55. The minimum Gasteiger partial charge on any atom is -0.352 e. The van der Waals surface area contributed by atoms with Gasteiger partial charge in [0.05, 0.1) is 11.3 Å². The van der Waals surface area contributed by atoms with E-state index in [2.05, 4.69) is 16.0 Å². The molecule has 6 heteroatoms. The number of para-hydroxylation sites is 1. The van der Waals surface area contributed by atoms with Crippen molar-refractivity contribution in [2.45, 2.75) is 40.0 Å². The second kappa shape index (κ2) is 9.78. The molecule has 3 N–H and O–H groups in total. The summed E-state index contributed by atoms with van der Waals surface area (Å²) >= 11 is 0. The first-order valence-corrected chi connectivity index (χ1v) is 8.77. The van der Waals surface area contributed by atoms with Crippen molar-refractivity contribution in [1.29, 1.82) is 0 Å². The molecule has 2 rings (SSSR count).